The van der Waals surface area contributed by atoms with Crippen molar-refractivity contribution < 1.29 is 9.59 Å². The Hall–Kier alpha value is -2.41. The highest BCUT2D eigenvalue weighted by Crippen LogP contribution is 2.17. The van der Waals surface area contributed by atoms with E-state index in [-0.39, 0.29) is 11.8 Å². The maximum atomic E-state index is 12.7. The van der Waals surface area contributed by atoms with Crippen LogP contribution in [0.25, 0.3) is 0 Å². The molecule has 1 aromatic carbocycles. The van der Waals surface area contributed by atoms with Crippen LogP contribution in [0.5, 0.6) is 0 Å². The van der Waals surface area contributed by atoms with Crippen LogP contribution in [-0.4, -0.2) is 47.9 Å². The van der Waals surface area contributed by atoms with Crippen LogP contribution < -0.4 is 10.2 Å². The van der Waals surface area contributed by atoms with E-state index >= 15 is 0 Å². The lowest BCUT2D eigenvalue weighted by Crippen LogP contribution is -2.49. The number of pyridine rings is 1. The molecule has 1 aliphatic heterocycles. The fourth-order valence-corrected chi connectivity index (χ4v) is 3.10. The monoisotopic (exact) mass is 416 g/mol. The van der Waals surface area contributed by atoms with Gasteiger partial charge in [0.05, 0.1) is 0 Å². The minimum atomic E-state index is -0.0664. The van der Waals surface area contributed by atoms with Gasteiger partial charge in [-0.1, -0.05) is 12.1 Å². The number of halogens is 1. The van der Waals surface area contributed by atoms with Crippen molar-refractivity contribution in [3.05, 3.63) is 58.2 Å². The summed E-state index contributed by atoms with van der Waals surface area (Å²) in [6.07, 6.45) is 1.79. The van der Waals surface area contributed by atoms with E-state index in [2.05, 4.69) is 31.1 Å². The molecule has 1 N–H and O–H groups in total. The van der Waals surface area contributed by atoms with E-state index in [1.54, 1.807) is 6.20 Å². The minimum absolute atomic E-state index is 0.0412. The Morgan fingerprint density at radius 2 is 1.77 bits per heavy atom. The zero-order valence-corrected chi connectivity index (χ0v) is 16.2. The van der Waals surface area contributed by atoms with Gasteiger partial charge in [0.1, 0.15) is 5.82 Å². The predicted molar refractivity (Wildman–Crippen MR) is 104 cm³/mol. The summed E-state index contributed by atoms with van der Waals surface area (Å²) < 4.78 is 0.956. The van der Waals surface area contributed by atoms with Crippen molar-refractivity contribution in [3.63, 3.8) is 0 Å². The number of nitrogens with one attached hydrogen (secondary N) is 1. The molecule has 0 radical (unpaired) electrons. The molecular formula is C19H21BrN4O2. The average Bonchev–Trinajstić information content (AvgIpc) is 2.67. The van der Waals surface area contributed by atoms with Crippen LogP contribution in [0.3, 0.4) is 0 Å². The maximum absolute atomic E-state index is 12.7. The number of carbonyl (C=O) groups is 2. The molecule has 0 unspecified atom stereocenters. The Kier molecular flexibility index (Phi) is 5.88. The fraction of sp³-hybridized carbons (Fsp3) is 0.316. The van der Waals surface area contributed by atoms with Gasteiger partial charge in [0.2, 0.25) is 5.91 Å². The lowest BCUT2D eigenvalue weighted by atomic mass is 10.1. The molecule has 0 saturated carbocycles. The van der Waals surface area contributed by atoms with Crippen molar-refractivity contribution in [1.29, 1.82) is 0 Å². The summed E-state index contributed by atoms with van der Waals surface area (Å²) in [5.74, 6) is 0.908. The Labute approximate surface area is 161 Å². The molecule has 1 saturated heterocycles. The van der Waals surface area contributed by atoms with Gasteiger partial charge < -0.3 is 15.1 Å². The molecule has 3 rings (SSSR count). The standard InChI is InChI=1S/C19H21BrN4O2/c1-14(25)21-12-15-2-4-16(5-3-15)19(26)24-10-8-23(9-11-24)18-7-6-17(20)13-22-18/h2-7,13H,8-12H2,1H3,(H,21,25). The van der Waals surface area contributed by atoms with Crippen LogP contribution in [0.15, 0.2) is 47.1 Å². The number of anilines is 1. The van der Waals surface area contributed by atoms with E-state index < -0.39 is 0 Å². The van der Waals surface area contributed by atoms with Crippen LogP contribution >= 0.6 is 15.9 Å². The van der Waals surface area contributed by atoms with E-state index in [1.807, 2.05) is 41.3 Å². The van der Waals surface area contributed by atoms with E-state index in [0.29, 0.717) is 25.2 Å². The molecular weight excluding hydrogens is 396 g/mol. The van der Waals surface area contributed by atoms with Crippen molar-refractivity contribution in [2.24, 2.45) is 0 Å². The normalized spacial score (nSPS) is 14.2. The number of amides is 2. The molecule has 0 spiro atoms. The minimum Gasteiger partial charge on any atom is -0.353 e. The zero-order valence-electron chi connectivity index (χ0n) is 14.6. The summed E-state index contributed by atoms with van der Waals surface area (Å²) in [7, 11) is 0. The number of hydrogen-bond acceptors (Lipinski definition) is 4. The average molecular weight is 417 g/mol. The number of hydrogen-bond donors (Lipinski definition) is 1. The van der Waals surface area contributed by atoms with Crippen LogP contribution in [0.2, 0.25) is 0 Å². The summed E-state index contributed by atoms with van der Waals surface area (Å²) in [6.45, 7) is 4.83. The van der Waals surface area contributed by atoms with Crippen LogP contribution in [0.1, 0.15) is 22.8 Å². The maximum Gasteiger partial charge on any atom is 0.253 e. The molecule has 0 atom stereocenters. The lowest BCUT2D eigenvalue weighted by molar-refractivity contribution is -0.119. The number of nitrogens with zero attached hydrogens (tertiary/aromatic N) is 3. The molecule has 1 fully saturated rings. The lowest BCUT2D eigenvalue weighted by Gasteiger charge is -2.35. The van der Waals surface area contributed by atoms with Gasteiger partial charge in [-0.15, -0.1) is 0 Å². The topological polar surface area (TPSA) is 65.5 Å². The SMILES string of the molecule is CC(=O)NCc1ccc(C(=O)N2CCN(c3ccc(Br)cn3)CC2)cc1. The number of piperazine rings is 1. The largest absolute Gasteiger partial charge is 0.353 e. The highest BCUT2D eigenvalue weighted by molar-refractivity contribution is 9.10. The second-order valence-electron chi connectivity index (χ2n) is 6.22. The van der Waals surface area contributed by atoms with Crippen molar-refractivity contribution >= 4 is 33.6 Å². The number of rotatable bonds is 4. The highest BCUT2D eigenvalue weighted by Gasteiger charge is 2.22. The summed E-state index contributed by atoms with van der Waals surface area (Å²) >= 11 is 3.39. The summed E-state index contributed by atoms with van der Waals surface area (Å²) in [6, 6.07) is 11.4. The second-order valence-corrected chi connectivity index (χ2v) is 7.14. The molecule has 0 bridgehead atoms. The van der Waals surface area contributed by atoms with E-state index in [1.165, 1.54) is 6.92 Å². The van der Waals surface area contributed by atoms with E-state index in [0.717, 1.165) is 28.9 Å². The first-order valence-electron chi connectivity index (χ1n) is 8.52. The van der Waals surface area contributed by atoms with Crippen molar-refractivity contribution in [3.8, 4) is 0 Å². The first-order valence-corrected chi connectivity index (χ1v) is 9.31. The number of carbonyl (C=O) groups excluding carboxylic acids is 2. The molecule has 1 aliphatic rings. The molecule has 26 heavy (non-hydrogen) atoms. The third kappa shape index (κ3) is 4.60. The quantitative estimate of drug-likeness (QED) is 0.830. The molecule has 2 heterocycles. The van der Waals surface area contributed by atoms with Gasteiger partial charge in [-0.25, -0.2) is 4.98 Å². The molecule has 0 aliphatic carbocycles. The Morgan fingerprint density at radius 1 is 1.08 bits per heavy atom. The molecule has 2 amide bonds. The highest BCUT2D eigenvalue weighted by atomic mass is 79.9. The van der Waals surface area contributed by atoms with Crippen LogP contribution in [0.4, 0.5) is 5.82 Å². The fourth-order valence-electron chi connectivity index (χ4n) is 2.87. The van der Waals surface area contributed by atoms with Gasteiger partial charge in [-0.05, 0) is 45.8 Å². The third-order valence-electron chi connectivity index (χ3n) is 4.34. The van der Waals surface area contributed by atoms with Gasteiger partial charge in [-0.2, -0.15) is 0 Å². The number of aromatic nitrogens is 1. The van der Waals surface area contributed by atoms with Crippen molar-refractivity contribution in [2.75, 3.05) is 31.1 Å². The number of benzene rings is 1. The molecule has 6 nitrogen and oxygen atoms in total. The second kappa shape index (κ2) is 8.31. The van der Waals surface area contributed by atoms with Crippen LogP contribution in [0, 0.1) is 0 Å². The van der Waals surface area contributed by atoms with Gasteiger partial charge in [0.15, 0.2) is 0 Å². The molecule has 136 valence electrons. The van der Waals surface area contributed by atoms with E-state index in [4.69, 9.17) is 0 Å². The molecule has 2 aromatic rings. The first kappa shape index (κ1) is 18.4. The third-order valence-corrected chi connectivity index (χ3v) is 4.81. The van der Waals surface area contributed by atoms with Gasteiger partial charge >= 0.3 is 0 Å². The first-order chi connectivity index (χ1) is 12.5. The van der Waals surface area contributed by atoms with Gasteiger partial charge in [0, 0.05) is 55.9 Å². The Balaban J connectivity index is 1.56. The van der Waals surface area contributed by atoms with E-state index in [9.17, 15) is 9.59 Å². The summed E-state index contributed by atoms with van der Waals surface area (Å²) in [5, 5.41) is 2.75. The van der Waals surface area contributed by atoms with Crippen molar-refractivity contribution in [1.82, 2.24) is 15.2 Å². The smallest absolute Gasteiger partial charge is 0.253 e. The molecule has 7 heteroatoms. The zero-order chi connectivity index (χ0) is 18.5. The van der Waals surface area contributed by atoms with Gasteiger partial charge in [0.25, 0.3) is 5.91 Å². The summed E-state index contributed by atoms with van der Waals surface area (Å²) in [4.78, 5) is 32.1. The Bertz CT molecular complexity index is 769. The summed E-state index contributed by atoms with van der Waals surface area (Å²) in [5.41, 5.74) is 1.65. The van der Waals surface area contributed by atoms with Crippen LogP contribution in [-0.2, 0) is 11.3 Å². The Morgan fingerprint density at radius 3 is 2.35 bits per heavy atom. The van der Waals surface area contributed by atoms with Crippen molar-refractivity contribution in [2.45, 2.75) is 13.5 Å². The van der Waals surface area contributed by atoms with Gasteiger partial charge in [-0.3, -0.25) is 9.59 Å². The predicted octanol–water partition coefficient (Wildman–Crippen LogP) is 2.44. The molecule has 1 aromatic heterocycles.